The van der Waals surface area contributed by atoms with Gasteiger partial charge in [0.2, 0.25) is 5.91 Å². The first kappa shape index (κ1) is 20.3. The first-order valence-corrected chi connectivity index (χ1v) is 8.56. The fourth-order valence-electron chi connectivity index (χ4n) is 1.84. The van der Waals surface area contributed by atoms with Crippen LogP contribution in [0.1, 0.15) is 0 Å². The van der Waals surface area contributed by atoms with Gasteiger partial charge in [0, 0.05) is 20.8 Å². The van der Waals surface area contributed by atoms with Gasteiger partial charge in [-0.3, -0.25) is 14.4 Å². The Labute approximate surface area is 168 Å². The molecule has 0 fully saturated rings. The minimum Gasteiger partial charge on any atom is -0.339 e. The molecule has 0 atom stereocenters. The minimum atomic E-state index is -1.01. The zero-order valence-electron chi connectivity index (χ0n) is 12.9. The number of hydrogen-bond acceptors (Lipinski definition) is 3. The largest absolute Gasteiger partial charge is 0.339 e. The Morgan fingerprint density at radius 1 is 0.769 bits per heavy atom. The molecule has 0 saturated carbocycles. The SMILES string of the molecule is O=C(CNC(=O)C(=O)Nc1cc(Cl)cc(Cl)c1)Nc1cc(Cl)ccc1Cl. The summed E-state index contributed by atoms with van der Waals surface area (Å²) in [5, 5.41) is 8.24. The monoisotopic (exact) mass is 433 g/mol. The standard InChI is InChI=1S/C16H11Cl4N3O3/c17-8-1-2-12(20)13(6-8)23-14(24)7-21-15(25)16(26)22-11-4-9(18)3-10(19)5-11/h1-6H,7H2,(H,21,25)(H,22,26)(H,23,24). The highest BCUT2D eigenvalue weighted by molar-refractivity contribution is 6.40. The summed E-state index contributed by atoms with van der Waals surface area (Å²) < 4.78 is 0. The Balaban J connectivity index is 1.88. The van der Waals surface area contributed by atoms with Gasteiger partial charge in [-0.25, -0.2) is 0 Å². The third kappa shape index (κ3) is 6.07. The normalized spacial score (nSPS) is 10.2. The molecule has 2 rings (SSSR count). The maximum Gasteiger partial charge on any atom is 0.313 e. The molecule has 0 unspecified atom stereocenters. The van der Waals surface area contributed by atoms with Crippen molar-refractivity contribution in [3.05, 3.63) is 56.5 Å². The van der Waals surface area contributed by atoms with E-state index in [0.29, 0.717) is 15.1 Å². The van der Waals surface area contributed by atoms with Crippen molar-refractivity contribution >= 4 is 75.5 Å². The molecule has 0 spiro atoms. The number of carbonyl (C=O) groups excluding carboxylic acids is 3. The maximum atomic E-state index is 11.9. The number of hydrogen-bond donors (Lipinski definition) is 3. The molecular weight excluding hydrogens is 424 g/mol. The van der Waals surface area contributed by atoms with Crippen LogP contribution in [-0.4, -0.2) is 24.3 Å². The van der Waals surface area contributed by atoms with Gasteiger partial charge in [-0.15, -0.1) is 0 Å². The van der Waals surface area contributed by atoms with Crippen LogP contribution < -0.4 is 16.0 Å². The van der Waals surface area contributed by atoms with Gasteiger partial charge >= 0.3 is 11.8 Å². The number of carbonyl (C=O) groups is 3. The fourth-order valence-corrected chi connectivity index (χ4v) is 2.71. The average Bonchev–Trinajstić information content (AvgIpc) is 2.55. The Bertz CT molecular complexity index is 854. The lowest BCUT2D eigenvalue weighted by Crippen LogP contribution is -2.39. The number of halogens is 4. The van der Waals surface area contributed by atoms with Crippen molar-refractivity contribution in [1.29, 1.82) is 0 Å². The van der Waals surface area contributed by atoms with Crippen molar-refractivity contribution < 1.29 is 14.4 Å². The van der Waals surface area contributed by atoms with Crippen LogP contribution in [0.25, 0.3) is 0 Å². The van der Waals surface area contributed by atoms with Gasteiger partial charge in [-0.05, 0) is 36.4 Å². The van der Waals surface area contributed by atoms with E-state index in [1.54, 1.807) is 6.07 Å². The highest BCUT2D eigenvalue weighted by Crippen LogP contribution is 2.25. The van der Waals surface area contributed by atoms with Crippen LogP contribution >= 0.6 is 46.4 Å². The summed E-state index contributed by atoms with van der Waals surface area (Å²) in [5.74, 6) is -2.56. The lowest BCUT2D eigenvalue weighted by Gasteiger charge is -2.09. The Morgan fingerprint density at radius 3 is 2.08 bits per heavy atom. The molecule has 0 heterocycles. The van der Waals surface area contributed by atoms with E-state index in [4.69, 9.17) is 46.4 Å². The molecular formula is C16H11Cl4N3O3. The van der Waals surface area contributed by atoms with E-state index in [2.05, 4.69) is 16.0 Å². The molecule has 0 aliphatic heterocycles. The summed E-state index contributed by atoms with van der Waals surface area (Å²) in [6, 6.07) is 8.86. The first-order valence-electron chi connectivity index (χ1n) is 7.05. The van der Waals surface area contributed by atoms with Crippen LogP contribution in [-0.2, 0) is 14.4 Å². The van der Waals surface area contributed by atoms with E-state index in [-0.39, 0.29) is 16.4 Å². The molecule has 6 nitrogen and oxygen atoms in total. The summed E-state index contributed by atoms with van der Waals surface area (Å²) in [5.41, 5.74) is 0.536. The van der Waals surface area contributed by atoms with Crippen molar-refractivity contribution in [3.63, 3.8) is 0 Å². The quantitative estimate of drug-likeness (QED) is 0.635. The van der Waals surface area contributed by atoms with Crippen LogP contribution in [0.5, 0.6) is 0 Å². The van der Waals surface area contributed by atoms with E-state index >= 15 is 0 Å². The second kappa shape index (κ2) is 9.09. The van der Waals surface area contributed by atoms with E-state index < -0.39 is 24.3 Å². The molecule has 3 N–H and O–H groups in total. The van der Waals surface area contributed by atoms with Gasteiger partial charge in [0.25, 0.3) is 0 Å². The van der Waals surface area contributed by atoms with Gasteiger partial charge in [0.1, 0.15) is 0 Å². The second-order valence-corrected chi connectivity index (χ2v) is 6.68. The van der Waals surface area contributed by atoms with E-state index in [0.717, 1.165) is 0 Å². The molecule has 0 bridgehead atoms. The number of nitrogens with one attached hydrogen (secondary N) is 3. The molecule has 0 aliphatic rings. The Hall–Kier alpha value is -1.99. The molecule has 2 aromatic rings. The van der Waals surface area contributed by atoms with E-state index in [1.165, 1.54) is 30.3 Å². The van der Waals surface area contributed by atoms with Gasteiger partial charge in [0.05, 0.1) is 17.3 Å². The Kier molecular flexibility index (Phi) is 7.11. The summed E-state index contributed by atoms with van der Waals surface area (Å²) >= 11 is 23.4. The van der Waals surface area contributed by atoms with Crippen molar-refractivity contribution in [2.45, 2.75) is 0 Å². The van der Waals surface area contributed by atoms with Crippen molar-refractivity contribution in [2.75, 3.05) is 17.2 Å². The molecule has 2 aromatic carbocycles. The molecule has 10 heteroatoms. The highest BCUT2D eigenvalue weighted by Gasteiger charge is 2.16. The zero-order valence-corrected chi connectivity index (χ0v) is 15.9. The molecule has 3 amide bonds. The van der Waals surface area contributed by atoms with Gasteiger partial charge in [-0.1, -0.05) is 46.4 Å². The van der Waals surface area contributed by atoms with Crippen LogP contribution in [0.4, 0.5) is 11.4 Å². The predicted molar refractivity (Wildman–Crippen MR) is 103 cm³/mol. The molecule has 0 radical (unpaired) electrons. The number of anilines is 2. The van der Waals surface area contributed by atoms with Crippen molar-refractivity contribution in [2.24, 2.45) is 0 Å². The van der Waals surface area contributed by atoms with Gasteiger partial charge in [-0.2, -0.15) is 0 Å². The third-order valence-corrected chi connectivity index (χ3v) is 3.94. The summed E-state index contributed by atoms with van der Waals surface area (Å²) in [6.07, 6.45) is 0. The maximum absolute atomic E-state index is 11.9. The smallest absolute Gasteiger partial charge is 0.313 e. The lowest BCUT2D eigenvalue weighted by atomic mass is 10.3. The van der Waals surface area contributed by atoms with Crippen LogP contribution in [0, 0.1) is 0 Å². The summed E-state index contributed by atoms with van der Waals surface area (Å²) in [4.78, 5) is 35.5. The number of benzene rings is 2. The van der Waals surface area contributed by atoms with Gasteiger partial charge < -0.3 is 16.0 Å². The molecule has 0 aliphatic carbocycles. The number of amides is 3. The lowest BCUT2D eigenvalue weighted by molar-refractivity contribution is -0.136. The number of rotatable bonds is 4. The fraction of sp³-hybridized carbons (Fsp3) is 0.0625. The van der Waals surface area contributed by atoms with Gasteiger partial charge in [0.15, 0.2) is 0 Å². The van der Waals surface area contributed by atoms with Crippen LogP contribution in [0.2, 0.25) is 20.1 Å². The zero-order chi connectivity index (χ0) is 19.3. The highest BCUT2D eigenvalue weighted by atomic mass is 35.5. The predicted octanol–water partition coefficient (Wildman–Crippen LogP) is 3.99. The molecule has 0 aromatic heterocycles. The third-order valence-electron chi connectivity index (χ3n) is 2.94. The van der Waals surface area contributed by atoms with Crippen molar-refractivity contribution in [1.82, 2.24) is 5.32 Å². The molecule has 0 saturated heterocycles. The summed E-state index contributed by atoms with van der Waals surface area (Å²) in [6.45, 7) is -0.439. The topological polar surface area (TPSA) is 87.3 Å². The van der Waals surface area contributed by atoms with E-state index in [9.17, 15) is 14.4 Å². The minimum absolute atomic E-state index is 0.248. The van der Waals surface area contributed by atoms with Crippen LogP contribution in [0.15, 0.2) is 36.4 Å². The van der Waals surface area contributed by atoms with E-state index in [1.807, 2.05) is 0 Å². The Morgan fingerprint density at radius 2 is 1.42 bits per heavy atom. The molecule has 26 heavy (non-hydrogen) atoms. The van der Waals surface area contributed by atoms with Crippen molar-refractivity contribution in [3.8, 4) is 0 Å². The second-order valence-electron chi connectivity index (χ2n) is 4.97. The average molecular weight is 435 g/mol. The van der Waals surface area contributed by atoms with Crippen LogP contribution in [0.3, 0.4) is 0 Å². The first-order chi connectivity index (χ1) is 12.2. The molecule has 136 valence electrons. The summed E-state index contributed by atoms with van der Waals surface area (Å²) in [7, 11) is 0.